The first kappa shape index (κ1) is 15.9. The topological polar surface area (TPSA) is 23.5 Å². The van der Waals surface area contributed by atoms with Gasteiger partial charge in [0.05, 0.1) is 6.61 Å². The van der Waals surface area contributed by atoms with Gasteiger partial charge in [-0.3, -0.25) is 0 Å². The first-order valence-corrected chi connectivity index (χ1v) is 7.60. The fraction of sp³-hybridized carbons (Fsp3) is 0.333. The maximum absolute atomic E-state index is 9.26. The number of rotatable bonds is 5. The summed E-state index contributed by atoms with van der Waals surface area (Å²) in [5, 5.41) is 10.1. The normalized spacial score (nSPS) is 11.0. The second-order valence-corrected chi connectivity index (χ2v) is 6.04. The van der Waals surface area contributed by atoms with E-state index in [1.54, 1.807) is 0 Å². The van der Waals surface area contributed by atoms with Gasteiger partial charge in [-0.05, 0) is 55.7 Å². The maximum atomic E-state index is 9.26. The molecule has 0 atom stereocenters. The minimum atomic E-state index is 0.0789. The van der Waals surface area contributed by atoms with E-state index < -0.39 is 0 Å². The maximum Gasteiger partial charge on any atom is 0.0681 e. The molecule has 0 aliphatic carbocycles. The summed E-state index contributed by atoms with van der Waals surface area (Å²) in [6, 6.07) is 14.6. The van der Waals surface area contributed by atoms with Crippen LogP contribution >= 0.6 is 11.6 Å². The molecule has 2 aromatic rings. The Hall–Kier alpha value is -1.51. The van der Waals surface area contributed by atoms with E-state index in [2.05, 4.69) is 43.0 Å². The van der Waals surface area contributed by atoms with Crippen LogP contribution in [-0.2, 0) is 13.2 Å². The van der Waals surface area contributed by atoms with E-state index in [1.807, 2.05) is 25.1 Å². The summed E-state index contributed by atoms with van der Waals surface area (Å²) >= 11 is 6.12. The Morgan fingerprint density at radius 2 is 1.81 bits per heavy atom. The van der Waals surface area contributed by atoms with Gasteiger partial charge in [-0.1, -0.05) is 35.9 Å². The molecule has 0 aromatic heterocycles. The summed E-state index contributed by atoms with van der Waals surface area (Å²) in [5.41, 5.74) is 4.40. The minimum absolute atomic E-state index is 0.0789. The molecule has 0 heterocycles. The van der Waals surface area contributed by atoms with E-state index in [9.17, 15) is 5.11 Å². The third kappa shape index (κ3) is 3.99. The first-order valence-electron chi connectivity index (χ1n) is 7.22. The van der Waals surface area contributed by atoms with Gasteiger partial charge in [0.25, 0.3) is 0 Å². The molecule has 0 radical (unpaired) electrons. The molecule has 112 valence electrons. The van der Waals surface area contributed by atoms with Crippen LogP contribution in [0.3, 0.4) is 0 Å². The summed E-state index contributed by atoms with van der Waals surface area (Å²) in [4.78, 5) is 2.33. The van der Waals surface area contributed by atoms with Gasteiger partial charge in [0.15, 0.2) is 0 Å². The number of nitrogens with zero attached hydrogens (tertiary/aromatic N) is 1. The Bertz CT molecular complexity index is 610. The van der Waals surface area contributed by atoms with Crippen molar-refractivity contribution in [1.29, 1.82) is 0 Å². The summed E-state index contributed by atoms with van der Waals surface area (Å²) in [5.74, 6) is 0. The number of benzene rings is 2. The molecule has 0 unspecified atom stereocenters. The van der Waals surface area contributed by atoms with Gasteiger partial charge >= 0.3 is 0 Å². The van der Waals surface area contributed by atoms with Crippen LogP contribution in [-0.4, -0.2) is 11.1 Å². The Morgan fingerprint density at radius 1 is 1.10 bits per heavy atom. The molecule has 1 N–H and O–H groups in total. The summed E-state index contributed by atoms with van der Waals surface area (Å²) in [6.07, 6.45) is 0. The van der Waals surface area contributed by atoms with E-state index in [1.165, 1.54) is 11.3 Å². The number of aliphatic hydroxyl groups excluding tert-OH is 1. The number of hydrogen-bond donors (Lipinski definition) is 1. The van der Waals surface area contributed by atoms with E-state index in [0.29, 0.717) is 6.04 Å². The molecular weight excluding hydrogens is 282 g/mol. The van der Waals surface area contributed by atoms with Crippen molar-refractivity contribution in [1.82, 2.24) is 0 Å². The van der Waals surface area contributed by atoms with Crippen LogP contribution in [0.25, 0.3) is 0 Å². The number of aliphatic hydroxyl groups is 1. The molecule has 3 heteroatoms. The quantitative estimate of drug-likeness (QED) is 0.875. The monoisotopic (exact) mass is 303 g/mol. The van der Waals surface area contributed by atoms with E-state index in [4.69, 9.17) is 11.6 Å². The number of aryl methyl sites for hydroxylation is 1. The molecule has 0 saturated carbocycles. The van der Waals surface area contributed by atoms with Crippen molar-refractivity contribution in [3.63, 3.8) is 0 Å². The van der Waals surface area contributed by atoms with E-state index in [-0.39, 0.29) is 6.61 Å². The summed E-state index contributed by atoms with van der Waals surface area (Å²) in [6.45, 7) is 7.28. The lowest BCUT2D eigenvalue weighted by Crippen LogP contribution is -2.30. The minimum Gasteiger partial charge on any atom is -0.392 e. The van der Waals surface area contributed by atoms with Gasteiger partial charge in [0, 0.05) is 23.3 Å². The Morgan fingerprint density at radius 3 is 2.43 bits per heavy atom. The molecular formula is C18H22ClNO. The third-order valence-corrected chi connectivity index (χ3v) is 4.05. The fourth-order valence-corrected chi connectivity index (χ4v) is 2.52. The molecule has 0 aliphatic heterocycles. The smallest absolute Gasteiger partial charge is 0.0681 e. The van der Waals surface area contributed by atoms with Crippen LogP contribution in [0.1, 0.15) is 30.5 Å². The van der Waals surface area contributed by atoms with Gasteiger partial charge in [-0.25, -0.2) is 0 Å². The van der Waals surface area contributed by atoms with Crippen molar-refractivity contribution >= 4 is 17.3 Å². The number of hydrogen-bond acceptors (Lipinski definition) is 2. The van der Waals surface area contributed by atoms with Gasteiger partial charge < -0.3 is 10.0 Å². The van der Waals surface area contributed by atoms with Crippen LogP contribution in [0.5, 0.6) is 0 Å². The van der Waals surface area contributed by atoms with Crippen LogP contribution in [0.2, 0.25) is 5.02 Å². The summed E-state index contributed by atoms with van der Waals surface area (Å²) in [7, 11) is 0. The molecule has 2 nitrogen and oxygen atoms in total. The molecule has 0 aliphatic rings. The molecule has 0 saturated heterocycles. The third-order valence-electron chi connectivity index (χ3n) is 3.62. The Kier molecular flexibility index (Phi) is 5.27. The first-order chi connectivity index (χ1) is 10.0. The fourth-order valence-electron chi connectivity index (χ4n) is 2.40. The van der Waals surface area contributed by atoms with Crippen molar-refractivity contribution in [2.24, 2.45) is 0 Å². The lowest BCUT2D eigenvalue weighted by molar-refractivity contribution is 0.281. The predicted molar refractivity (Wildman–Crippen MR) is 89.9 cm³/mol. The molecule has 0 fully saturated rings. The lowest BCUT2D eigenvalue weighted by atomic mass is 10.1. The second-order valence-electron chi connectivity index (χ2n) is 5.63. The zero-order valence-corrected chi connectivity index (χ0v) is 13.6. The number of anilines is 1. The van der Waals surface area contributed by atoms with Gasteiger partial charge in [-0.15, -0.1) is 0 Å². The van der Waals surface area contributed by atoms with Crippen molar-refractivity contribution in [3.05, 3.63) is 64.2 Å². The molecule has 21 heavy (non-hydrogen) atoms. The zero-order chi connectivity index (χ0) is 15.4. The van der Waals surface area contributed by atoms with E-state index in [0.717, 1.165) is 22.7 Å². The number of halogens is 1. The Labute approximate surface area is 132 Å². The zero-order valence-electron chi connectivity index (χ0n) is 12.8. The highest BCUT2D eigenvalue weighted by molar-refractivity contribution is 6.31. The molecule has 0 spiro atoms. The van der Waals surface area contributed by atoms with Gasteiger partial charge in [-0.2, -0.15) is 0 Å². The molecule has 2 rings (SSSR count). The van der Waals surface area contributed by atoms with Crippen LogP contribution < -0.4 is 4.90 Å². The molecule has 2 aromatic carbocycles. The largest absolute Gasteiger partial charge is 0.392 e. The van der Waals surface area contributed by atoms with Crippen molar-refractivity contribution < 1.29 is 5.11 Å². The van der Waals surface area contributed by atoms with Crippen LogP contribution in [0, 0.1) is 6.92 Å². The van der Waals surface area contributed by atoms with Crippen molar-refractivity contribution in [2.75, 3.05) is 4.90 Å². The molecule has 0 amide bonds. The second kappa shape index (κ2) is 6.97. The highest BCUT2D eigenvalue weighted by Gasteiger charge is 2.12. The average Bonchev–Trinajstić information content (AvgIpc) is 2.47. The van der Waals surface area contributed by atoms with Crippen LogP contribution in [0.15, 0.2) is 42.5 Å². The van der Waals surface area contributed by atoms with Crippen molar-refractivity contribution in [2.45, 2.75) is 40.0 Å². The SMILES string of the molecule is Cc1cc(N(Cc2cccc(CO)c2)C(C)C)ccc1Cl. The molecule has 0 bridgehead atoms. The van der Waals surface area contributed by atoms with Gasteiger partial charge in [0.2, 0.25) is 0 Å². The van der Waals surface area contributed by atoms with Crippen molar-refractivity contribution in [3.8, 4) is 0 Å². The average molecular weight is 304 g/mol. The lowest BCUT2D eigenvalue weighted by Gasteiger charge is -2.30. The highest BCUT2D eigenvalue weighted by atomic mass is 35.5. The Balaban J connectivity index is 2.28. The van der Waals surface area contributed by atoms with Gasteiger partial charge in [0.1, 0.15) is 0 Å². The highest BCUT2D eigenvalue weighted by Crippen LogP contribution is 2.25. The van der Waals surface area contributed by atoms with Crippen LogP contribution in [0.4, 0.5) is 5.69 Å². The standard InChI is InChI=1S/C18H22ClNO/c1-13(2)20(17-7-8-18(19)14(3)9-17)11-15-5-4-6-16(10-15)12-21/h4-10,13,21H,11-12H2,1-3H3. The summed E-state index contributed by atoms with van der Waals surface area (Å²) < 4.78 is 0. The predicted octanol–water partition coefficient (Wildman–Crippen LogP) is 4.56. The van der Waals surface area contributed by atoms with E-state index >= 15 is 0 Å².